The molecule has 0 N–H and O–H groups in total. The predicted molar refractivity (Wildman–Crippen MR) is 78.1 cm³/mol. The van der Waals surface area contributed by atoms with Crippen molar-refractivity contribution < 1.29 is 13.2 Å². The Morgan fingerprint density at radius 2 is 2.00 bits per heavy atom. The Morgan fingerprint density at radius 3 is 2.71 bits per heavy atom. The van der Waals surface area contributed by atoms with Crippen molar-refractivity contribution in [1.82, 2.24) is 9.97 Å². The van der Waals surface area contributed by atoms with Crippen molar-refractivity contribution in [2.45, 2.75) is 36.8 Å². The molecule has 0 spiro atoms. The smallest absolute Gasteiger partial charge is 0.238 e. The summed E-state index contributed by atoms with van der Waals surface area (Å²) in [7, 11) is -3.49. The van der Waals surface area contributed by atoms with E-state index >= 15 is 0 Å². The predicted octanol–water partition coefficient (Wildman–Crippen LogP) is 2.85. The molecule has 21 heavy (non-hydrogen) atoms. The lowest BCUT2D eigenvalue weighted by molar-refractivity contribution is 0.443. The van der Waals surface area contributed by atoms with Crippen LogP contribution in [0.3, 0.4) is 0 Å². The SMILES string of the molecule is CC(C)(C)c1cnc2c(c1)S(=O)(=O)Cc1ccncc1O2. The molecule has 2 aromatic heterocycles. The van der Waals surface area contributed by atoms with Crippen LogP contribution in [0.1, 0.15) is 31.9 Å². The quantitative estimate of drug-likeness (QED) is 0.748. The van der Waals surface area contributed by atoms with E-state index in [0.29, 0.717) is 11.3 Å². The maximum Gasteiger partial charge on any atom is 0.238 e. The van der Waals surface area contributed by atoms with Gasteiger partial charge in [-0.25, -0.2) is 13.4 Å². The highest BCUT2D eigenvalue weighted by Gasteiger charge is 2.29. The minimum absolute atomic E-state index is 0.104. The van der Waals surface area contributed by atoms with Crippen molar-refractivity contribution in [2.75, 3.05) is 0 Å². The third-order valence-electron chi connectivity index (χ3n) is 3.44. The Bertz CT molecular complexity index is 808. The third-order valence-corrected chi connectivity index (χ3v) is 5.10. The fraction of sp³-hybridized carbons (Fsp3) is 0.333. The molecule has 0 aliphatic carbocycles. The highest BCUT2D eigenvalue weighted by atomic mass is 32.2. The molecule has 0 saturated heterocycles. The maximum absolute atomic E-state index is 12.6. The molecule has 1 aliphatic heterocycles. The van der Waals surface area contributed by atoms with E-state index in [9.17, 15) is 8.42 Å². The monoisotopic (exact) mass is 304 g/mol. The van der Waals surface area contributed by atoms with Gasteiger partial charge in [0.1, 0.15) is 4.90 Å². The molecule has 0 amide bonds. The van der Waals surface area contributed by atoms with Crippen LogP contribution < -0.4 is 4.74 Å². The molecule has 0 bridgehead atoms. The fourth-order valence-corrected chi connectivity index (χ4v) is 3.62. The molecule has 0 saturated carbocycles. The van der Waals surface area contributed by atoms with Gasteiger partial charge in [-0.05, 0) is 23.1 Å². The number of nitrogens with zero attached hydrogens (tertiary/aromatic N) is 2. The zero-order chi connectivity index (χ0) is 15.3. The number of fused-ring (bicyclic) bond motifs is 2. The van der Waals surface area contributed by atoms with Crippen LogP contribution in [0.4, 0.5) is 0 Å². The van der Waals surface area contributed by atoms with Crippen molar-refractivity contribution in [1.29, 1.82) is 0 Å². The van der Waals surface area contributed by atoms with Crippen LogP contribution in [0.2, 0.25) is 0 Å². The second kappa shape index (κ2) is 4.53. The van der Waals surface area contributed by atoms with Crippen molar-refractivity contribution >= 4 is 9.84 Å². The summed E-state index contributed by atoms with van der Waals surface area (Å²) in [5, 5.41) is 0. The first-order valence-electron chi connectivity index (χ1n) is 6.61. The molecule has 3 heterocycles. The molecule has 0 fully saturated rings. The summed E-state index contributed by atoms with van der Waals surface area (Å²) in [6.45, 7) is 6.04. The fourth-order valence-electron chi connectivity index (χ4n) is 2.15. The summed E-state index contributed by atoms with van der Waals surface area (Å²) in [5.74, 6) is 0.457. The van der Waals surface area contributed by atoms with E-state index in [-0.39, 0.29) is 21.9 Å². The first kappa shape index (κ1) is 14.0. The Kier molecular flexibility index (Phi) is 3.02. The van der Waals surface area contributed by atoms with Crippen LogP contribution >= 0.6 is 0 Å². The number of hydrogen-bond donors (Lipinski definition) is 0. The lowest BCUT2D eigenvalue weighted by Crippen LogP contribution is -2.13. The Morgan fingerprint density at radius 1 is 1.24 bits per heavy atom. The van der Waals surface area contributed by atoms with Gasteiger partial charge in [-0.2, -0.15) is 0 Å². The van der Waals surface area contributed by atoms with E-state index in [4.69, 9.17) is 4.74 Å². The van der Waals surface area contributed by atoms with Gasteiger partial charge in [-0.3, -0.25) is 4.98 Å². The minimum Gasteiger partial charge on any atom is -0.436 e. The van der Waals surface area contributed by atoms with Crippen molar-refractivity contribution in [2.24, 2.45) is 0 Å². The van der Waals surface area contributed by atoms with E-state index in [1.807, 2.05) is 20.8 Å². The number of aromatic nitrogens is 2. The Balaban J connectivity index is 2.21. The van der Waals surface area contributed by atoms with Gasteiger partial charge in [-0.15, -0.1) is 0 Å². The molecule has 0 atom stereocenters. The van der Waals surface area contributed by atoms with Crippen molar-refractivity contribution in [3.8, 4) is 11.6 Å². The van der Waals surface area contributed by atoms with E-state index in [2.05, 4.69) is 9.97 Å². The van der Waals surface area contributed by atoms with E-state index in [1.165, 1.54) is 6.20 Å². The Hall–Kier alpha value is -1.95. The molecule has 0 unspecified atom stereocenters. The lowest BCUT2D eigenvalue weighted by Gasteiger charge is -2.19. The van der Waals surface area contributed by atoms with Crippen LogP contribution in [0.5, 0.6) is 11.6 Å². The second-order valence-corrected chi connectivity index (χ2v) is 8.08. The summed E-state index contributed by atoms with van der Waals surface area (Å²) in [6, 6.07) is 3.32. The first-order valence-corrected chi connectivity index (χ1v) is 8.27. The summed E-state index contributed by atoms with van der Waals surface area (Å²) in [5.41, 5.74) is 1.27. The molecule has 3 rings (SSSR count). The van der Waals surface area contributed by atoms with E-state index in [1.54, 1.807) is 24.5 Å². The first-order chi connectivity index (χ1) is 9.77. The summed E-state index contributed by atoms with van der Waals surface area (Å²) in [4.78, 5) is 8.33. The van der Waals surface area contributed by atoms with Crippen LogP contribution in [0.15, 0.2) is 35.6 Å². The molecule has 0 radical (unpaired) electrons. The second-order valence-electron chi connectivity index (χ2n) is 6.12. The lowest BCUT2D eigenvalue weighted by atomic mass is 9.88. The summed E-state index contributed by atoms with van der Waals surface area (Å²) < 4.78 is 30.8. The zero-order valence-corrected chi connectivity index (χ0v) is 12.9. The van der Waals surface area contributed by atoms with Gasteiger partial charge < -0.3 is 4.74 Å². The standard InChI is InChI=1S/C15H16N2O3S/c1-15(2,3)11-6-13-14(17-7-11)20-12-8-16-5-4-10(12)9-21(13,18)19/h4-8H,9H2,1-3H3. The largest absolute Gasteiger partial charge is 0.436 e. The van der Waals surface area contributed by atoms with Gasteiger partial charge in [0, 0.05) is 18.0 Å². The van der Waals surface area contributed by atoms with Gasteiger partial charge in [0.15, 0.2) is 15.6 Å². The molecule has 2 aromatic rings. The molecule has 0 aromatic carbocycles. The summed E-state index contributed by atoms with van der Waals surface area (Å²) >= 11 is 0. The topological polar surface area (TPSA) is 69.2 Å². The molecule has 6 heteroatoms. The van der Waals surface area contributed by atoms with Gasteiger partial charge in [0.25, 0.3) is 0 Å². The molecule has 5 nitrogen and oxygen atoms in total. The van der Waals surface area contributed by atoms with Gasteiger partial charge in [0.2, 0.25) is 5.88 Å². The maximum atomic E-state index is 12.6. The number of ether oxygens (including phenoxy) is 1. The zero-order valence-electron chi connectivity index (χ0n) is 12.1. The molecule has 1 aliphatic rings. The van der Waals surface area contributed by atoms with Gasteiger partial charge >= 0.3 is 0 Å². The highest BCUT2D eigenvalue weighted by Crippen LogP contribution is 2.37. The average molecular weight is 304 g/mol. The van der Waals surface area contributed by atoms with Crippen LogP contribution in [-0.4, -0.2) is 18.4 Å². The average Bonchev–Trinajstić information content (AvgIpc) is 2.50. The van der Waals surface area contributed by atoms with Crippen LogP contribution in [0.25, 0.3) is 0 Å². The van der Waals surface area contributed by atoms with Crippen LogP contribution in [0, 0.1) is 0 Å². The summed E-state index contributed by atoms with van der Waals surface area (Å²) in [6.07, 6.45) is 4.73. The van der Waals surface area contributed by atoms with Gasteiger partial charge in [-0.1, -0.05) is 20.8 Å². The number of hydrogen-bond acceptors (Lipinski definition) is 5. The van der Waals surface area contributed by atoms with Gasteiger partial charge in [0.05, 0.1) is 11.9 Å². The molecular weight excluding hydrogens is 288 g/mol. The van der Waals surface area contributed by atoms with Crippen LogP contribution in [-0.2, 0) is 21.0 Å². The van der Waals surface area contributed by atoms with E-state index < -0.39 is 9.84 Å². The number of rotatable bonds is 0. The number of sulfone groups is 1. The minimum atomic E-state index is -3.49. The highest BCUT2D eigenvalue weighted by molar-refractivity contribution is 7.90. The molecule has 110 valence electrons. The normalized spacial score (nSPS) is 16.3. The van der Waals surface area contributed by atoms with E-state index in [0.717, 1.165) is 5.56 Å². The van der Waals surface area contributed by atoms with Crippen molar-refractivity contribution in [3.63, 3.8) is 0 Å². The molecular formula is C15H16N2O3S. The number of pyridine rings is 2. The third kappa shape index (κ3) is 2.51. The Labute approximate surface area is 123 Å². The van der Waals surface area contributed by atoms with Crippen molar-refractivity contribution in [3.05, 3.63) is 41.9 Å².